The predicted octanol–water partition coefficient (Wildman–Crippen LogP) is 13.4. The molecule has 1 heterocycles. The number of para-hydroxylation sites is 3. The van der Waals surface area contributed by atoms with Crippen LogP contribution in [0.1, 0.15) is 25.0 Å². The topological polar surface area (TPSA) is 8.17 Å². The van der Waals surface area contributed by atoms with Crippen molar-refractivity contribution in [1.82, 2.24) is 4.57 Å². The third-order valence-electron chi connectivity index (χ3n) is 11.0. The summed E-state index contributed by atoms with van der Waals surface area (Å²) in [5, 5.41) is 4.93. The van der Waals surface area contributed by atoms with Crippen molar-refractivity contribution >= 4 is 49.6 Å². The van der Waals surface area contributed by atoms with Gasteiger partial charge in [-0.15, -0.1) is 0 Å². The van der Waals surface area contributed by atoms with Crippen LogP contribution in [0.4, 0.5) is 17.1 Å². The number of hydrogen-bond donors (Lipinski definition) is 0. The van der Waals surface area contributed by atoms with Gasteiger partial charge in [-0.05, 0) is 81.1 Å². The van der Waals surface area contributed by atoms with Gasteiger partial charge in [-0.2, -0.15) is 0 Å². The van der Waals surface area contributed by atoms with Crippen LogP contribution in [-0.4, -0.2) is 4.57 Å². The van der Waals surface area contributed by atoms with E-state index in [4.69, 9.17) is 0 Å². The molecule has 2 heteroatoms. The second-order valence-corrected chi connectivity index (χ2v) is 14.2. The van der Waals surface area contributed by atoms with Gasteiger partial charge in [-0.25, -0.2) is 0 Å². The second-order valence-electron chi connectivity index (χ2n) is 14.2. The molecule has 0 amide bonds. The molecular weight excluding hydrogens is 617 g/mol. The Hall–Kier alpha value is -6.38. The first-order valence-corrected chi connectivity index (χ1v) is 17.8. The normalized spacial score (nSPS) is 13.1. The summed E-state index contributed by atoms with van der Waals surface area (Å²) in [5.74, 6) is 0. The third kappa shape index (κ3) is 4.50. The molecular formula is C49H36N2. The van der Waals surface area contributed by atoms with Gasteiger partial charge in [0, 0.05) is 33.1 Å². The lowest BCUT2D eigenvalue weighted by Gasteiger charge is -2.30. The summed E-state index contributed by atoms with van der Waals surface area (Å²) < 4.78 is 2.47. The van der Waals surface area contributed by atoms with Crippen molar-refractivity contribution in [2.24, 2.45) is 0 Å². The van der Waals surface area contributed by atoms with Crippen molar-refractivity contribution in [1.29, 1.82) is 0 Å². The standard InChI is InChI=1S/C49H36N2/c1-49(2)43-23-11-8-20-39(43)40-30-29-37(32-44(40)49)50(45-24-12-9-19-38(45)34-16-4-3-5-17-34)47-26-14-22-42-41-21-10-13-25-46(41)51(48(42)47)36-28-27-33-15-6-7-18-35(33)31-36/h3-32H,1-2H3. The molecule has 2 nitrogen and oxygen atoms in total. The van der Waals surface area contributed by atoms with Crippen molar-refractivity contribution in [3.05, 3.63) is 193 Å². The molecule has 0 saturated carbocycles. The van der Waals surface area contributed by atoms with Gasteiger partial charge >= 0.3 is 0 Å². The van der Waals surface area contributed by atoms with Crippen LogP contribution in [0.25, 0.3) is 60.5 Å². The number of anilines is 3. The SMILES string of the molecule is CC1(C)c2ccccc2-c2ccc(N(c3ccccc3-c3ccccc3)c3cccc4c5ccccc5n(-c5ccc6ccccc6c5)c34)cc21. The van der Waals surface area contributed by atoms with Crippen molar-refractivity contribution in [3.63, 3.8) is 0 Å². The number of benzene rings is 8. The van der Waals surface area contributed by atoms with E-state index in [2.05, 4.69) is 205 Å². The van der Waals surface area contributed by atoms with E-state index in [1.807, 2.05) is 0 Å². The van der Waals surface area contributed by atoms with Gasteiger partial charge in [0.05, 0.1) is 22.4 Å². The minimum Gasteiger partial charge on any atom is -0.308 e. The summed E-state index contributed by atoms with van der Waals surface area (Å²) >= 11 is 0. The number of nitrogens with zero attached hydrogens (tertiary/aromatic N) is 2. The van der Waals surface area contributed by atoms with E-state index in [1.54, 1.807) is 0 Å². The number of aromatic nitrogens is 1. The molecule has 0 unspecified atom stereocenters. The lowest BCUT2D eigenvalue weighted by atomic mass is 9.82. The third-order valence-corrected chi connectivity index (χ3v) is 11.0. The quantitative estimate of drug-likeness (QED) is 0.180. The summed E-state index contributed by atoms with van der Waals surface area (Å²) in [6.45, 7) is 4.73. The van der Waals surface area contributed by atoms with Gasteiger partial charge in [0.1, 0.15) is 0 Å². The first-order valence-electron chi connectivity index (χ1n) is 17.8. The molecule has 10 rings (SSSR count). The van der Waals surface area contributed by atoms with Crippen LogP contribution in [0.5, 0.6) is 0 Å². The lowest BCUT2D eigenvalue weighted by Crippen LogP contribution is -2.17. The summed E-state index contributed by atoms with van der Waals surface area (Å²) in [6, 6.07) is 66.7. The van der Waals surface area contributed by atoms with Gasteiger partial charge in [0.25, 0.3) is 0 Å². The highest BCUT2D eigenvalue weighted by atomic mass is 15.2. The zero-order chi connectivity index (χ0) is 34.1. The lowest BCUT2D eigenvalue weighted by molar-refractivity contribution is 0.660. The minimum atomic E-state index is -0.126. The van der Waals surface area contributed by atoms with Crippen LogP contribution < -0.4 is 4.90 Å². The van der Waals surface area contributed by atoms with E-state index in [1.165, 1.54) is 66.0 Å². The van der Waals surface area contributed by atoms with Gasteiger partial charge < -0.3 is 9.47 Å². The average molecular weight is 653 g/mol. The second kappa shape index (κ2) is 11.3. The van der Waals surface area contributed by atoms with E-state index in [0.29, 0.717) is 0 Å². The molecule has 0 aliphatic heterocycles. The molecule has 1 aromatic heterocycles. The smallest absolute Gasteiger partial charge is 0.0782 e. The zero-order valence-corrected chi connectivity index (χ0v) is 28.7. The monoisotopic (exact) mass is 652 g/mol. The van der Waals surface area contributed by atoms with E-state index < -0.39 is 0 Å². The van der Waals surface area contributed by atoms with Crippen LogP contribution in [0, 0.1) is 0 Å². The van der Waals surface area contributed by atoms with Crippen LogP contribution in [0.2, 0.25) is 0 Å². The fourth-order valence-electron chi connectivity index (χ4n) is 8.53. The van der Waals surface area contributed by atoms with Crippen LogP contribution >= 0.6 is 0 Å². The molecule has 1 aliphatic carbocycles. The highest BCUT2D eigenvalue weighted by molar-refractivity contribution is 6.15. The molecule has 0 atom stereocenters. The van der Waals surface area contributed by atoms with E-state index in [9.17, 15) is 0 Å². The molecule has 8 aromatic carbocycles. The molecule has 0 spiro atoms. The van der Waals surface area contributed by atoms with Gasteiger partial charge in [0.2, 0.25) is 0 Å². The molecule has 9 aromatic rings. The molecule has 0 bridgehead atoms. The van der Waals surface area contributed by atoms with E-state index in [-0.39, 0.29) is 5.41 Å². The van der Waals surface area contributed by atoms with Crippen LogP contribution in [0.3, 0.4) is 0 Å². The van der Waals surface area contributed by atoms with Gasteiger partial charge in [-0.3, -0.25) is 0 Å². The number of fused-ring (bicyclic) bond motifs is 7. The first-order chi connectivity index (χ1) is 25.1. The average Bonchev–Trinajstić information content (AvgIpc) is 3.64. The maximum atomic E-state index is 2.50. The Morgan fingerprint density at radius 1 is 0.451 bits per heavy atom. The van der Waals surface area contributed by atoms with Gasteiger partial charge in [0.15, 0.2) is 0 Å². The Balaban J connectivity index is 1.30. The van der Waals surface area contributed by atoms with Crippen LogP contribution in [0.15, 0.2) is 182 Å². The Labute approximate surface area is 298 Å². The van der Waals surface area contributed by atoms with E-state index in [0.717, 1.165) is 22.7 Å². The Bertz CT molecular complexity index is 2790. The molecule has 0 fully saturated rings. The highest BCUT2D eigenvalue weighted by Gasteiger charge is 2.36. The van der Waals surface area contributed by atoms with E-state index >= 15 is 0 Å². The van der Waals surface area contributed by atoms with Crippen molar-refractivity contribution in [2.75, 3.05) is 4.90 Å². The summed E-state index contributed by atoms with van der Waals surface area (Å²) in [6.07, 6.45) is 0. The molecule has 242 valence electrons. The molecule has 1 aliphatic rings. The Morgan fingerprint density at radius 3 is 2.00 bits per heavy atom. The molecule has 0 N–H and O–H groups in total. The van der Waals surface area contributed by atoms with Crippen molar-refractivity contribution < 1.29 is 0 Å². The maximum absolute atomic E-state index is 2.50. The summed E-state index contributed by atoms with van der Waals surface area (Å²) in [5.41, 5.74) is 14.6. The number of hydrogen-bond acceptors (Lipinski definition) is 1. The molecule has 0 radical (unpaired) electrons. The van der Waals surface area contributed by atoms with Gasteiger partial charge in [-0.1, -0.05) is 153 Å². The zero-order valence-electron chi connectivity index (χ0n) is 28.7. The summed E-state index contributed by atoms with van der Waals surface area (Å²) in [7, 11) is 0. The van der Waals surface area contributed by atoms with Crippen molar-refractivity contribution in [2.45, 2.75) is 19.3 Å². The molecule has 51 heavy (non-hydrogen) atoms. The number of rotatable bonds is 5. The first kappa shape index (κ1) is 29.5. The highest BCUT2D eigenvalue weighted by Crippen LogP contribution is 2.52. The minimum absolute atomic E-state index is 0.126. The fourth-order valence-corrected chi connectivity index (χ4v) is 8.53. The fraction of sp³-hybridized carbons (Fsp3) is 0.0612. The molecule has 0 saturated heterocycles. The predicted molar refractivity (Wildman–Crippen MR) is 216 cm³/mol. The maximum Gasteiger partial charge on any atom is 0.0782 e. The van der Waals surface area contributed by atoms with Crippen LogP contribution in [-0.2, 0) is 5.41 Å². The Morgan fingerprint density at radius 2 is 1.12 bits per heavy atom. The largest absolute Gasteiger partial charge is 0.308 e. The Kier molecular flexibility index (Phi) is 6.56. The summed E-state index contributed by atoms with van der Waals surface area (Å²) in [4.78, 5) is 2.50. The van der Waals surface area contributed by atoms with Crippen molar-refractivity contribution in [3.8, 4) is 27.9 Å².